The van der Waals surface area contributed by atoms with E-state index in [1.165, 1.54) is 12.3 Å². The Balaban J connectivity index is 2.77. The van der Waals surface area contributed by atoms with Crippen LogP contribution in [0.1, 0.15) is 15.9 Å². The number of primary amides is 1. The average molecular weight is 273 g/mol. The Morgan fingerprint density at radius 1 is 1.33 bits per heavy atom. The molecule has 0 atom stereocenters. The SMILES string of the molecule is NC(=O)c1cccc(C(F)(F)F)c1-c1cnns1. The molecule has 0 fully saturated rings. The minimum Gasteiger partial charge on any atom is -0.366 e. The molecule has 1 amide bonds. The van der Waals surface area contributed by atoms with E-state index in [9.17, 15) is 18.0 Å². The van der Waals surface area contributed by atoms with Gasteiger partial charge in [-0.3, -0.25) is 4.79 Å². The third-order valence-electron chi connectivity index (χ3n) is 2.24. The van der Waals surface area contributed by atoms with Gasteiger partial charge in [-0.15, -0.1) is 5.10 Å². The van der Waals surface area contributed by atoms with E-state index in [4.69, 9.17) is 5.73 Å². The van der Waals surface area contributed by atoms with Crippen molar-refractivity contribution >= 4 is 17.4 Å². The van der Waals surface area contributed by atoms with Crippen LogP contribution in [0.25, 0.3) is 10.4 Å². The Morgan fingerprint density at radius 2 is 2.06 bits per heavy atom. The smallest absolute Gasteiger partial charge is 0.366 e. The number of amides is 1. The number of alkyl halides is 3. The molecule has 2 aromatic rings. The van der Waals surface area contributed by atoms with Crippen molar-refractivity contribution in [3.63, 3.8) is 0 Å². The monoisotopic (exact) mass is 273 g/mol. The summed E-state index contributed by atoms with van der Waals surface area (Å²) < 4.78 is 42.2. The fraction of sp³-hybridized carbons (Fsp3) is 0.100. The first kappa shape index (κ1) is 12.5. The summed E-state index contributed by atoms with van der Waals surface area (Å²) in [6, 6.07) is 3.27. The molecule has 0 bridgehead atoms. The van der Waals surface area contributed by atoms with Crippen molar-refractivity contribution < 1.29 is 18.0 Å². The quantitative estimate of drug-likeness (QED) is 0.913. The van der Waals surface area contributed by atoms with Gasteiger partial charge in [0, 0.05) is 11.1 Å². The Hall–Kier alpha value is -1.96. The van der Waals surface area contributed by atoms with E-state index < -0.39 is 17.6 Å². The number of aromatic nitrogens is 2. The van der Waals surface area contributed by atoms with E-state index in [-0.39, 0.29) is 16.0 Å². The second-order valence-corrected chi connectivity index (χ2v) is 4.16. The molecular weight excluding hydrogens is 267 g/mol. The van der Waals surface area contributed by atoms with Crippen LogP contribution < -0.4 is 5.73 Å². The number of nitrogens with zero attached hydrogens (tertiary/aromatic N) is 2. The first-order chi connectivity index (χ1) is 8.41. The lowest BCUT2D eigenvalue weighted by Crippen LogP contribution is -2.16. The molecule has 0 radical (unpaired) electrons. The predicted molar refractivity (Wildman–Crippen MR) is 58.9 cm³/mol. The molecule has 0 unspecified atom stereocenters. The van der Waals surface area contributed by atoms with Crippen molar-refractivity contribution in [3.05, 3.63) is 35.5 Å². The van der Waals surface area contributed by atoms with Gasteiger partial charge >= 0.3 is 6.18 Å². The lowest BCUT2D eigenvalue weighted by atomic mass is 9.99. The van der Waals surface area contributed by atoms with E-state index in [0.29, 0.717) is 0 Å². The Kier molecular flexibility index (Phi) is 3.04. The number of carbonyl (C=O) groups is 1. The van der Waals surface area contributed by atoms with Gasteiger partial charge in [0.05, 0.1) is 16.6 Å². The highest BCUT2D eigenvalue weighted by Gasteiger charge is 2.35. The summed E-state index contributed by atoms with van der Waals surface area (Å²) in [5.41, 5.74) is 3.70. The Bertz CT molecular complexity index is 581. The van der Waals surface area contributed by atoms with E-state index in [1.807, 2.05) is 0 Å². The van der Waals surface area contributed by atoms with Crippen molar-refractivity contribution in [2.75, 3.05) is 0 Å². The van der Waals surface area contributed by atoms with Crippen LogP contribution in [-0.2, 0) is 6.18 Å². The van der Waals surface area contributed by atoms with Crippen LogP contribution in [0, 0.1) is 0 Å². The summed E-state index contributed by atoms with van der Waals surface area (Å²) in [5.74, 6) is -0.926. The third-order valence-corrected chi connectivity index (χ3v) is 2.93. The van der Waals surface area contributed by atoms with Crippen molar-refractivity contribution in [2.24, 2.45) is 5.73 Å². The molecule has 18 heavy (non-hydrogen) atoms. The van der Waals surface area contributed by atoms with E-state index in [0.717, 1.165) is 23.7 Å². The minimum absolute atomic E-state index is 0.150. The molecule has 0 spiro atoms. The topological polar surface area (TPSA) is 68.9 Å². The highest BCUT2D eigenvalue weighted by atomic mass is 32.1. The third kappa shape index (κ3) is 2.19. The van der Waals surface area contributed by atoms with Gasteiger partial charge in [0.25, 0.3) is 0 Å². The molecule has 0 saturated heterocycles. The molecule has 4 nitrogen and oxygen atoms in total. The van der Waals surface area contributed by atoms with Crippen LogP contribution in [0.4, 0.5) is 13.2 Å². The van der Waals surface area contributed by atoms with Gasteiger partial charge in [-0.05, 0) is 23.7 Å². The molecule has 0 saturated carbocycles. The summed E-state index contributed by atoms with van der Waals surface area (Å²) in [6.45, 7) is 0. The molecule has 94 valence electrons. The standard InChI is InChI=1S/C10H6F3N3OS/c11-10(12,13)6-3-1-2-5(9(14)17)8(6)7-4-15-16-18-7/h1-4H,(H2,14,17). The molecule has 8 heteroatoms. The molecule has 0 aliphatic carbocycles. The summed E-state index contributed by atoms with van der Waals surface area (Å²) in [7, 11) is 0. The molecule has 1 aromatic heterocycles. The van der Waals surface area contributed by atoms with Crippen LogP contribution >= 0.6 is 11.5 Å². The first-order valence-electron chi connectivity index (χ1n) is 4.69. The van der Waals surface area contributed by atoms with Crippen molar-refractivity contribution in [2.45, 2.75) is 6.18 Å². The van der Waals surface area contributed by atoms with E-state index >= 15 is 0 Å². The predicted octanol–water partition coefficient (Wildman–Crippen LogP) is 2.32. The number of nitrogens with two attached hydrogens (primary N) is 1. The molecule has 2 N–H and O–H groups in total. The number of hydrogen-bond donors (Lipinski definition) is 1. The molecule has 1 heterocycles. The number of benzene rings is 1. The van der Waals surface area contributed by atoms with Crippen LogP contribution in [0.5, 0.6) is 0 Å². The minimum atomic E-state index is -4.58. The van der Waals surface area contributed by atoms with Crippen LogP contribution in [0.15, 0.2) is 24.4 Å². The fourth-order valence-corrected chi connectivity index (χ4v) is 2.12. The number of halogens is 3. The second kappa shape index (κ2) is 4.37. The largest absolute Gasteiger partial charge is 0.417 e. The zero-order chi connectivity index (χ0) is 13.3. The molecule has 2 rings (SSSR count). The number of carbonyl (C=O) groups excluding carboxylic acids is 1. The molecule has 1 aromatic carbocycles. The maximum atomic E-state index is 12.9. The van der Waals surface area contributed by atoms with Gasteiger partial charge < -0.3 is 5.73 Å². The van der Waals surface area contributed by atoms with E-state index in [1.54, 1.807) is 0 Å². The van der Waals surface area contributed by atoms with Gasteiger partial charge in [0.15, 0.2) is 0 Å². The maximum absolute atomic E-state index is 12.9. The molecular formula is C10H6F3N3OS. The van der Waals surface area contributed by atoms with Gasteiger partial charge in [-0.25, -0.2) is 0 Å². The number of rotatable bonds is 2. The number of hydrogen-bond acceptors (Lipinski definition) is 4. The van der Waals surface area contributed by atoms with Crippen LogP contribution in [-0.4, -0.2) is 15.5 Å². The Morgan fingerprint density at radius 3 is 2.56 bits per heavy atom. The molecule has 0 aliphatic rings. The molecule has 0 aliphatic heterocycles. The summed E-state index contributed by atoms with van der Waals surface area (Å²) in [6.07, 6.45) is -3.41. The van der Waals surface area contributed by atoms with Crippen molar-refractivity contribution in [1.82, 2.24) is 9.59 Å². The summed E-state index contributed by atoms with van der Waals surface area (Å²) >= 11 is 0.769. The first-order valence-corrected chi connectivity index (χ1v) is 5.46. The fourth-order valence-electron chi connectivity index (χ4n) is 1.54. The van der Waals surface area contributed by atoms with Gasteiger partial charge in [0.1, 0.15) is 0 Å². The lowest BCUT2D eigenvalue weighted by molar-refractivity contribution is -0.137. The summed E-state index contributed by atoms with van der Waals surface area (Å²) in [5, 5.41) is 3.47. The van der Waals surface area contributed by atoms with Crippen molar-refractivity contribution in [1.29, 1.82) is 0 Å². The normalized spacial score (nSPS) is 11.5. The van der Waals surface area contributed by atoms with Crippen LogP contribution in [0.2, 0.25) is 0 Å². The van der Waals surface area contributed by atoms with Crippen molar-refractivity contribution in [3.8, 4) is 10.4 Å². The lowest BCUT2D eigenvalue weighted by Gasteiger charge is -2.13. The highest BCUT2D eigenvalue weighted by molar-refractivity contribution is 7.09. The maximum Gasteiger partial charge on any atom is 0.417 e. The van der Waals surface area contributed by atoms with Gasteiger partial charge in [0.2, 0.25) is 5.91 Å². The zero-order valence-electron chi connectivity index (χ0n) is 8.73. The average Bonchev–Trinajstić information content (AvgIpc) is 2.79. The van der Waals surface area contributed by atoms with Gasteiger partial charge in [-0.1, -0.05) is 10.6 Å². The Labute approximate surface area is 103 Å². The second-order valence-electron chi connectivity index (χ2n) is 3.37. The summed E-state index contributed by atoms with van der Waals surface area (Å²) in [4.78, 5) is 11.4. The zero-order valence-corrected chi connectivity index (χ0v) is 9.55. The van der Waals surface area contributed by atoms with E-state index in [2.05, 4.69) is 9.59 Å². The van der Waals surface area contributed by atoms with Crippen LogP contribution in [0.3, 0.4) is 0 Å². The highest BCUT2D eigenvalue weighted by Crippen LogP contribution is 2.39. The van der Waals surface area contributed by atoms with Gasteiger partial charge in [-0.2, -0.15) is 13.2 Å².